The van der Waals surface area contributed by atoms with E-state index < -0.39 is 10.0 Å². The number of sulfonamides is 1. The number of carbonyl (C=O) groups is 2. The van der Waals surface area contributed by atoms with Gasteiger partial charge in [-0.25, -0.2) is 13.1 Å². The summed E-state index contributed by atoms with van der Waals surface area (Å²) in [4.78, 5) is 23.2. The van der Waals surface area contributed by atoms with Crippen LogP contribution in [0.15, 0.2) is 29.2 Å². The van der Waals surface area contributed by atoms with Crippen molar-refractivity contribution < 1.29 is 18.0 Å². The Bertz CT molecular complexity index is 679. The SMILES string of the molecule is CCC(C)C(=O)NCC(=O)NCCNS(=O)(=O)c1cccc(Cl)c1. The van der Waals surface area contributed by atoms with Gasteiger partial charge in [0, 0.05) is 24.0 Å². The molecule has 0 aromatic heterocycles. The monoisotopic (exact) mass is 375 g/mol. The Labute approximate surface area is 147 Å². The van der Waals surface area contributed by atoms with E-state index in [1.807, 2.05) is 6.92 Å². The number of nitrogens with one attached hydrogen (secondary N) is 3. The molecule has 0 fully saturated rings. The van der Waals surface area contributed by atoms with Crippen LogP contribution in [0, 0.1) is 5.92 Å². The van der Waals surface area contributed by atoms with E-state index in [0.29, 0.717) is 11.4 Å². The number of hydrogen-bond donors (Lipinski definition) is 3. The normalized spacial score (nSPS) is 12.5. The maximum Gasteiger partial charge on any atom is 0.240 e. The second-order valence-corrected chi connectivity index (χ2v) is 7.44. The Balaban J connectivity index is 2.32. The molecule has 0 radical (unpaired) electrons. The largest absolute Gasteiger partial charge is 0.353 e. The lowest BCUT2D eigenvalue weighted by Gasteiger charge is -2.11. The molecular weight excluding hydrogens is 354 g/mol. The van der Waals surface area contributed by atoms with Crippen molar-refractivity contribution in [2.24, 2.45) is 5.92 Å². The molecule has 0 aliphatic heterocycles. The van der Waals surface area contributed by atoms with Crippen LogP contribution < -0.4 is 15.4 Å². The number of amides is 2. The molecule has 24 heavy (non-hydrogen) atoms. The Hall–Kier alpha value is -1.64. The summed E-state index contributed by atoms with van der Waals surface area (Å²) in [6, 6.07) is 5.89. The van der Waals surface area contributed by atoms with Gasteiger partial charge in [0.2, 0.25) is 21.8 Å². The predicted octanol–water partition coefficient (Wildman–Crippen LogP) is 0.897. The van der Waals surface area contributed by atoms with Crippen LogP contribution in [0.3, 0.4) is 0 Å². The van der Waals surface area contributed by atoms with Gasteiger partial charge in [-0.3, -0.25) is 9.59 Å². The lowest BCUT2D eigenvalue weighted by atomic mass is 10.1. The Kier molecular flexibility index (Phi) is 8.17. The van der Waals surface area contributed by atoms with Gasteiger partial charge in [-0.1, -0.05) is 31.5 Å². The maximum atomic E-state index is 12.0. The molecule has 1 unspecified atom stereocenters. The molecule has 2 amide bonds. The fourth-order valence-electron chi connectivity index (χ4n) is 1.69. The van der Waals surface area contributed by atoms with E-state index in [-0.39, 0.29) is 42.3 Å². The summed E-state index contributed by atoms with van der Waals surface area (Å²) in [5.41, 5.74) is 0. The van der Waals surface area contributed by atoms with Gasteiger partial charge in [0.25, 0.3) is 0 Å². The Morgan fingerprint density at radius 2 is 1.92 bits per heavy atom. The molecule has 7 nitrogen and oxygen atoms in total. The zero-order chi connectivity index (χ0) is 18.2. The lowest BCUT2D eigenvalue weighted by molar-refractivity contribution is -0.128. The van der Waals surface area contributed by atoms with Crippen molar-refractivity contribution >= 4 is 33.4 Å². The third-order valence-corrected chi connectivity index (χ3v) is 5.02. The third-order valence-electron chi connectivity index (χ3n) is 3.33. The second-order valence-electron chi connectivity index (χ2n) is 5.23. The van der Waals surface area contributed by atoms with Crippen molar-refractivity contribution in [3.05, 3.63) is 29.3 Å². The van der Waals surface area contributed by atoms with Gasteiger partial charge in [0.15, 0.2) is 0 Å². The topological polar surface area (TPSA) is 104 Å². The van der Waals surface area contributed by atoms with Crippen LogP contribution in [0.5, 0.6) is 0 Å². The van der Waals surface area contributed by atoms with Gasteiger partial charge in [0.1, 0.15) is 0 Å². The first-order chi connectivity index (χ1) is 11.3. The van der Waals surface area contributed by atoms with E-state index in [9.17, 15) is 18.0 Å². The predicted molar refractivity (Wildman–Crippen MR) is 92.1 cm³/mol. The highest BCUT2D eigenvalue weighted by molar-refractivity contribution is 7.89. The first-order valence-electron chi connectivity index (χ1n) is 7.56. The van der Waals surface area contributed by atoms with Gasteiger partial charge in [-0.2, -0.15) is 0 Å². The molecule has 0 aliphatic rings. The molecule has 1 rings (SSSR count). The highest BCUT2D eigenvalue weighted by atomic mass is 35.5. The van der Waals surface area contributed by atoms with Crippen molar-refractivity contribution in [1.29, 1.82) is 0 Å². The molecule has 1 atom stereocenters. The molecule has 0 bridgehead atoms. The number of halogens is 1. The minimum absolute atomic E-state index is 0.0277. The maximum absolute atomic E-state index is 12.0. The third kappa shape index (κ3) is 6.86. The fraction of sp³-hybridized carbons (Fsp3) is 0.467. The second kappa shape index (κ2) is 9.61. The molecule has 3 N–H and O–H groups in total. The van der Waals surface area contributed by atoms with Crippen LogP contribution in [0.4, 0.5) is 0 Å². The summed E-state index contributed by atoms with van der Waals surface area (Å²) >= 11 is 5.76. The molecule has 0 aliphatic carbocycles. The van der Waals surface area contributed by atoms with Crippen molar-refractivity contribution in [2.75, 3.05) is 19.6 Å². The van der Waals surface area contributed by atoms with Crippen LogP contribution in [0.1, 0.15) is 20.3 Å². The molecule has 0 saturated heterocycles. The number of carbonyl (C=O) groups excluding carboxylic acids is 2. The van der Waals surface area contributed by atoms with Gasteiger partial charge in [0.05, 0.1) is 11.4 Å². The number of rotatable bonds is 9. The van der Waals surface area contributed by atoms with Crippen LogP contribution in [0.25, 0.3) is 0 Å². The average molecular weight is 376 g/mol. The zero-order valence-electron chi connectivity index (χ0n) is 13.6. The van der Waals surface area contributed by atoms with Gasteiger partial charge in [-0.15, -0.1) is 0 Å². The fourth-order valence-corrected chi connectivity index (χ4v) is 3.03. The molecule has 0 saturated carbocycles. The van der Waals surface area contributed by atoms with Gasteiger partial charge >= 0.3 is 0 Å². The highest BCUT2D eigenvalue weighted by Gasteiger charge is 2.14. The van der Waals surface area contributed by atoms with Crippen LogP contribution in [-0.4, -0.2) is 39.9 Å². The van der Waals surface area contributed by atoms with Crippen LogP contribution >= 0.6 is 11.6 Å². The molecule has 0 heterocycles. The van der Waals surface area contributed by atoms with Crippen molar-refractivity contribution in [3.63, 3.8) is 0 Å². The first kappa shape index (κ1) is 20.4. The van der Waals surface area contributed by atoms with Crippen molar-refractivity contribution in [2.45, 2.75) is 25.2 Å². The van der Waals surface area contributed by atoms with E-state index in [2.05, 4.69) is 15.4 Å². The quantitative estimate of drug-likeness (QED) is 0.557. The van der Waals surface area contributed by atoms with E-state index >= 15 is 0 Å². The summed E-state index contributed by atoms with van der Waals surface area (Å²) in [6.07, 6.45) is 0.693. The molecular formula is C15H22ClN3O4S. The lowest BCUT2D eigenvalue weighted by Crippen LogP contribution is -2.41. The summed E-state index contributed by atoms with van der Waals surface area (Å²) in [5.74, 6) is -0.717. The number of benzene rings is 1. The number of hydrogen-bond acceptors (Lipinski definition) is 4. The summed E-state index contributed by atoms with van der Waals surface area (Å²) in [6.45, 7) is 3.66. The zero-order valence-corrected chi connectivity index (χ0v) is 15.2. The van der Waals surface area contributed by atoms with Crippen LogP contribution in [0.2, 0.25) is 5.02 Å². The summed E-state index contributed by atoms with van der Waals surface area (Å²) in [7, 11) is -3.68. The van der Waals surface area contributed by atoms with E-state index in [0.717, 1.165) is 0 Å². The van der Waals surface area contributed by atoms with E-state index in [1.54, 1.807) is 19.1 Å². The standard InChI is InChI=1S/C15H22ClN3O4S/c1-3-11(2)15(21)18-10-14(20)17-7-8-19-24(22,23)13-6-4-5-12(16)9-13/h4-6,9,11,19H,3,7-8,10H2,1-2H3,(H,17,20)(H,18,21). The summed E-state index contributed by atoms with van der Waals surface area (Å²) in [5, 5.41) is 5.36. The minimum Gasteiger partial charge on any atom is -0.353 e. The van der Waals surface area contributed by atoms with Gasteiger partial charge in [-0.05, 0) is 24.6 Å². The van der Waals surface area contributed by atoms with Crippen molar-refractivity contribution in [3.8, 4) is 0 Å². The molecule has 1 aromatic rings. The first-order valence-corrected chi connectivity index (χ1v) is 9.42. The summed E-state index contributed by atoms with van der Waals surface area (Å²) < 4.78 is 26.4. The molecule has 134 valence electrons. The average Bonchev–Trinajstić information content (AvgIpc) is 2.55. The highest BCUT2D eigenvalue weighted by Crippen LogP contribution is 2.14. The van der Waals surface area contributed by atoms with E-state index in [1.165, 1.54) is 12.1 Å². The molecule has 0 spiro atoms. The Morgan fingerprint density at radius 3 is 2.54 bits per heavy atom. The smallest absolute Gasteiger partial charge is 0.240 e. The van der Waals surface area contributed by atoms with Gasteiger partial charge < -0.3 is 10.6 Å². The Morgan fingerprint density at radius 1 is 1.21 bits per heavy atom. The van der Waals surface area contributed by atoms with Crippen LogP contribution in [-0.2, 0) is 19.6 Å². The van der Waals surface area contributed by atoms with E-state index in [4.69, 9.17) is 11.6 Å². The van der Waals surface area contributed by atoms with Crippen molar-refractivity contribution in [1.82, 2.24) is 15.4 Å². The molecule has 1 aromatic carbocycles. The molecule has 9 heteroatoms. The minimum atomic E-state index is -3.68.